The second-order valence-electron chi connectivity index (χ2n) is 6.04. The summed E-state index contributed by atoms with van der Waals surface area (Å²) in [4.78, 5) is 16.4. The molecule has 0 saturated heterocycles. The fourth-order valence-corrected chi connectivity index (χ4v) is 2.39. The average Bonchev–Trinajstić information content (AvgIpc) is 2.67. The molecular weight excluding hydrogens is 326 g/mol. The number of nitrogens with zero attached hydrogens (tertiary/aromatic N) is 1. The quantitative estimate of drug-likeness (QED) is 0.411. The molecule has 5 heteroatoms. The Labute approximate surface area is 155 Å². The van der Waals surface area contributed by atoms with E-state index in [0.29, 0.717) is 18.7 Å². The first-order chi connectivity index (χ1) is 12.7. The Kier molecular flexibility index (Phi) is 8.19. The molecule has 0 aliphatic carbocycles. The van der Waals surface area contributed by atoms with Gasteiger partial charge in [-0.05, 0) is 49.1 Å². The lowest BCUT2D eigenvalue weighted by molar-refractivity contribution is 0.0976. The summed E-state index contributed by atoms with van der Waals surface area (Å²) < 4.78 is 5.58. The van der Waals surface area contributed by atoms with Gasteiger partial charge in [-0.25, -0.2) is 0 Å². The molecule has 1 amide bonds. The number of aryl methyl sites for hydroxylation is 1. The van der Waals surface area contributed by atoms with E-state index in [1.807, 2.05) is 18.2 Å². The Hall–Kier alpha value is -2.82. The number of nitrogens with two attached hydrogens (primary N) is 1. The Morgan fingerprint density at radius 1 is 1.08 bits per heavy atom. The molecule has 0 radical (unpaired) electrons. The molecule has 0 aromatic heterocycles. The van der Waals surface area contributed by atoms with E-state index in [0.717, 1.165) is 31.4 Å². The third-order valence-electron chi connectivity index (χ3n) is 3.87. The number of unbranched alkanes of at least 4 members (excludes halogenated alkanes) is 1. The van der Waals surface area contributed by atoms with Crippen molar-refractivity contribution in [2.45, 2.75) is 32.6 Å². The number of nitrogens with one attached hydrogen (secondary N) is 1. The van der Waals surface area contributed by atoms with Crippen molar-refractivity contribution in [3.8, 4) is 5.75 Å². The number of aliphatic imine (C=N–C) groups is 1. The minimum atomic E-state index is -0.269. The molecule has 0 unspecified atom stereocenters. The van der Waals surface area contributed by atoms with Crippen LogP contribution in [0.1, 0.15) is 42.1 Å². The van der Waals surface area contributed by atoms with Crippen LogP contribution in [0.25, 0.3) is 0 Å². The standard InChI is InChI=1S/C21H27N3O2/c1-2-3-16-26-19-13-11-18(12-14-19)20(25)24-21(22)23-15-7-10-17-8-5-4-6-9-17/h4-6,8-9,11-14H,2-3,7,10,15-16H2,1H3,(H3,22,23,24,25). The van der Waals surface area contributed by atoms with Crippen LogP contribution in [0.2, 0.25) is 0 Å². The SMILES string of the molecule is CCCCOc1ccc(C(=O)NC(N)=NCCCc2ccccc2)cc1. The highest BCUT2D eigenvalue weighted by molar-refractivity contribution is 6.05. The molecule has 0 heterocycles. The van der Waals surface area contributed by atoms with Gasteiger partial charge in [0.05, 0.1) is 6.61 Å². The molecule has 0 bridgehead atoms. The highest BCUT2D eigenvalue weighted by Gasteiger charge is 2.07. The van der Waals surface area contributed by atoms with E-state index in [9.17, 15) is 4.79 Å². The zero-order chi connectivity index (χ0) is 18.6. The molecule has 2 rings (SSSR count). The van der Waals surface area contributed by atoms with Crippen LogP contribution in [-0.4, -0.2) is 25.0 Å². The molecule has 0 spiro atoms. The third-order valence-corrected chi connectivity index (χ3v) is 3.87. The number of rotatable bonds is 9. The lowest BCUT2D eigenvalue weighted by Gasteiger charge is -2.07. The van der Waals surface area contributed by atoms with Gasteiger partial charge in [-0.15, -0.1) is 0 Å². The van der Waals surface area contributed by atoms with E-state index in [4.69, 9.17) is 10.5 Å². The Balaban J connectivity index is 1.75. The first kappa shape index (κ1) is 19.5. The van der Waals surface area contributed by atoms with Crippen molar-refractivity contribution in [2.75, 3.05) is 13.2 Å². The van der Waals surface area contributed by atoms with E-state index in [-0.39, 0.29) is 11.9 Å². The summed E-state index contributed by atoms with van der Waals surface area (Å²) in [5.74, 6) is 0.637. The second kappa shape index (κ2) is 10.9. The topological polar surface area (TPSA) is 76.7 Å². The molecule has 0 fully saturated rings. The van der Waals surface area contributed by atoms with Crippen molar-refractivity contribution in [3.63, 3.8) is 0 Å². The first-order valence-electron chi connectivity index (χ1n) is 9.07. The fourth-order valence-electron chi connectivity index (χ4n) is 2.39. The van der Waals surface area contributed by atoms with Crippen LogP contribution >= 0.6 is 0 Å². The van der Waals surface area contributed by atoms with Crippen LogP contribution in [0.4, 0.5) is 0 Å². The minimum Gasteiger partial charge on any atom is -0.494 e. The summed E-state index contributed by atoms with van der Waals surface area (Å²) in [5.41, 5.74) is 7.59. The van der Waals surface area contributed by atoms with Gasteiger partial charge in [0.2, 0.25) is 0 Å². The van der Waals surface area contributed by atoms with Crippen molar-refractivity contribution in [3.05, 3.63) is 65.7 Å². The number of hydrogen-bond acceptors (Lipinski definition) is 3. The molecule has 2 aromatic carbocycles. The summed E-state index contributed by atoms with van der Waals surface area (Å²) in [6.07, 6.45) is 3.92. The number of carbonyl (C=O) groups is 1. The Morgan fingerprint density at radius 2 is 1.81 bits per heavy atom. The highest BCUT2D eigenvalue weighted by atomic mass is 16.5. The van der Waals surface area contributed by atoms with Gasteiger partial charge in [-0.2, -0.15) is 0 Å². The van der Waals surface area contributed by atoms with Crippen molar-refractivity contribution in [1.82, 2.24) is 5.32 Å². The van der Waals surface area contributed by atoms with Gasteiger partial charge in [-0.1, -0.05) is 43.7 Å². The molecular formula is C21H27N3O2. The summed E-state index contributed by atoms with van der Waals surface area (Å²) >= 11 is 0. The van der Waals surface area contributed by atoms with Gasteiger partial charge in [0.25, 0.3) is 5.91 Å². The minimum absolute atomic E-state index is 0.145. The van der Waals surface area contributed by atoms with Crippen LogP contribution in [0.15, 0.2) is 59.6 Å². The summed E-state index contributed by atoms with van der Waals surface area (Å²) in [6, 6.07) is 17.2. The van der Waals surface area contributed by atoms with Gasteiger partial charge in [0, 0.05) is 12.1 Å². The average molecular weight is 353 g/mol. The molecule has 0 atom stereocenters. The predicted octanol–water partition coefficient (Wildman–Crippen LogP) is 3.54. The largest absolute Gasteiger partial charge is 0.494 e. The zero-order valence-corrected chi connectivity index (χ0v) is 15.3. The van der Waals surface area contributed by atoms with Crippen molar-refractivity contribution in [2.24, 2.45) is 10.7 Å². The molecule has 0 aliphatic rings. The Bertz CT molecular complexity index is 697. The normalized spacial score (nSPS) is 11.2. The molecule has 26 heavy (non-hydrogen) atoms. The first-order valence-corrected chi connectivity index (χ1v) is 9.07. The van der Waals surface area contributed by atoms with E-state index in [1.54, 1.807) is 24.3 Å². The lowest BCUT2D eigenvalue weighted by Crippen LogP contribution is -2.36. The van der Waals surface area contributed by atoms with Crippen LogP contribution in [0.3, 0.4) is 0 Å². The van der Waals surface area contributed by atoms with Crippen molar-refractivity contribution >= 4 is 11.9 Å². The fraction of sp³-hybridized carbons (Fsp3) is 0.333. The molecule has 0 aliphatic heterocycles. The van der Waals surface area contributed by atoms with Crippen molar-refractivity contribution < 1.29 is 9.53 Å². The molecule has 138 valence electrons. The number of guanidine groups is 1. The number of benzene rings is 2. The summed E-state index contributed by atoms with van der Waals surface area (Å²) in [7, 11) is 0. The van der Waals surface area contributed by atoms with Crippen LogP contribution in [0.5, 0.6) is 5.75 Å². The number of amides is 1. The number of carbonyl (C=O) groups excluding carboxylic acids is 1. The van der Waals surface area contributed by atoms with Gasteiger partial charge < -0.3 is 10.5 Å². The smallest absolute Gasteiger partial charge is 0.257 e. The van der Waals surface area contributed by atoms with E-state index in [1.165, 1.54) is 5.56 Å². The molecule has 3 N–H and O–H groups in total. The zero-order valence-electron chi connectivity index (χ0n) is 15.3. The van der Waals surface area contributed by atoms with E-state index >= 15 is 0 Å². The highest BCUT2D eigenvalue weighted by Crippen LogP contribution is 2.12. The van der Waals surface area contributed by atoms with E-state index in [2.05, 4.69) is 29.4 Å². The monoisotopic (exact) mass is 353 g/mol. The number of hydrogen-bond donors (Lipinski definition) is 2. The summed E-state index contributed by atoms with van der Waals surface area (Å²) in [6.45, 7) is 3.38. The molecule has 5 nitrogen and oxygen atoms in total. The van der Waals surface area contributed by atoms with Crippen LogP contribution in [-0.2, 0) is 6.42 Å². The Morgan fingerprint density at radius 3 is 2.50 bits per heavy atom. The maximum Gasteiger partial charge on any atom is 0.257 e. The molecule has 2 aromatic rings. The second-order valence-corrected chi connectivity index (χ2v) is 6.04. The lowest BCUT2D eigenvalue weighted by atomic mass is 10.1. The summed E-state index contributed by atoms with van der Waals surface area (Å²) in [5, 5.41) is 2.61. The van der Waals surface area contributed by atoms with Gasteiger partial charge in [0.15, 0.2) is 5.96 Å². The predicted molar refractivity (Wildman–Crippen MR) is 106 cm³/mol. The number of ether oxygens (including phenoxy) is 1. The van der Waals surface area contributed by atoms with Gasteiger partial charge in [-0.3, -0.25) is 15.1 Å². The van der Waals surface area contributed by atoms with Gasteiger partial charge >= 0.3 is 0 Å². The van der Waals surface area contributed by atoms with Gasteiger partial charge in [0.1, 0.15) is 5.75 Å². The maximum absolute atomic E-state index is 12.2. The third kappa shape index (κ3) is 6.97. The van der Waals surface area contributed by atoms with Crippen LogP contribution < -0.4 is 15.8 Å². The molecule has 0 saturated carbocycles. The van der Waals surface area contributed by atoms with E-state index < -0.39 is 0 Å². The van der Waals surface area contributed by atoms with Crippen LogP contribution in [0, 0.1) is 0 Å². The van der Waals surface area contributed by atoms with Crippen molar-refractivity contribution in [1.29, 1.82) is 0 Å². The maximum atomic E-state index is 12.2.